The molecular formula is C13H19FN2O3. The van der Waals surface area contributed by atoms with Crippen molar-refractivity contribution in [1.82, 2.24) is 4.90 Å². The number of likely N-dealkylation sites (N-methyl/N-ethyl adjacent to an activating group) is 1. The Kier molecular flexibility index (Phi) is 5.57. The van der Waals surface area contributed by atoms with Gasteiger partial charge in [0.05, 0.1) is 5.56 Å². The van der Waals surface area contributed by atoms with Crippen LogP contribution in [-0.4, -0.2) is 42.2 Å². The highest BCUT2D eigenvalue weighted by molar-refractivity contribution is 5.94. The summed E-state index contributed by atoms with van der Waals surface area (Å²) in [5.41, 5.74) is 5.16. The van der Waals surface area contributed by atoms with E-state index < -0.39 is 11.8 Å². The first-order valence-electron chi connectivity index (χ1n) is 6.17. The highest BCUT2D eigenvalue weighted by atomic mass is 19.1. The summed E-state index contributed by atoms with van der Waals surface area (Å²) < 4.78 is 18.9. The van der Waals surface area contributed by atoms with Gasteiger partial charge in [-0.2, -0.15) is 0 Å². The van der Waals surface area contributed by atoms with Crippen LogP contribution in [0.1, 0.15) is 24.2 Å². The smallest absolute Gasteiger partial charge is 0.337 e. The SMILES string of the molecule is CCN(CC)CCOc1cc(C(=O)O)c(N)cc1F. The van der Waals surface area contributed by atoms with Gasteiger partial charge in [-0.3, -0.25) is 0 Å². The number of rotatable bonds is 7. The van der Waals surface area contributed by atoms with Crippen molar-refractivity contribution >= 4 is 11.7 Å². The quantitative estimate of drug-likeness (QED) is 0.739. The average Bonchev–Trinajstić information content (AvgIpc) is 2.36. The minimum atomic E-state index is -1.20. The number of aromatic carboxylic acids is 1. The Labute approximate surface area is 111 Å². The first-order valence-corrected chi connectivity index (χ1v) is 6.17. The normalized spacial score (nSPS) is 10.7. The van der Waals surface area contributed by atoms with E-state index in [-0.39, 0.29) is 17.0 Å². The van der Waals surface area contributed by atoms with Gasteiger partial charge in [0.25, 0.3) is 0 Å². The van der Waals surface area contributed by atoms with E-state index in [2.05, 4.69) is 4.90 Å². The van der Waals surface area contributed by atoms with Crippen molar-refractivity contribution < 1.29 is 19.0 Å². The lowest BCUT2D eigenvalue weighted by molar-refractivity contribution is 0.0697. The number of anilines is 1. The van der Waals surface area contributed by atoms with E-state index in [1.54, 1.807) is 0 Å². The molecule has 1 aromatic carbocycles. The summed E-state index contributed by atoms with van der Waals surface area (Å²) in [6.07, 6.45) is 0. The summed E-state index contributed by atoms with van der Waals surface area (Å²) in [6.45, 7) is 6.75. The lowest BCUT2D eigenvalue weighted by Crippen LogP contribution is -2.28. The molecule has 0 aliphatic heterocycles. The van der Waals surface area contributed by atoms with Crippen molar-refractivity contribution in [2.24, 2.45) is 0 Å². The third kappa shape index (κ3) is 4.10. The largest absolute Gasteiger partial charge is 0.489 e. The van der Waals surface area contributed by atoms with Crippen LogP contribution in [0.25, 0.3) is 0 Å². The molecule has 0 saturated carbocycles. The van der Waals surface area contributed by atoms with Crippen LogP contribution in [0.15, 0.2) is 12.1 Å². The van der Waals surface area contributed by atoms with Crippen LogP contribution < -0.4 is 10.5 Å². The van der Waals surface area contributed by atoms with E-state index in [1.165, 1.54) is 0 Å². The van der Waals surface area contributed by atoms with Gasteiger partial charge in [-0.25, -0.2) is 9.18 Å². The molecule has 0 heterocycles. The van der Waals surface area contributed by atoms with E-state index >= 15 is 0 Å². The molecule has 5 nitrogen and oxygen atoms in total. The lowest BCUT2D eigenvalue weighted by atomic mass is 10.1. The molecule has 0 fully saturated rings. The van der Waals surface area contributed by atoms with Crippen molar-refractivity contribution in [2.45, 2.75) is 13.8 Å². The molecule has 0 spiro atoms. The Balaban J connectivity index is 2.73. The summed E-state index contributed by atoms with van der Waals surface area (Å²) in [5.74, 6) is -1.94. The number of hydrogen-bond donors (Lipinski definition) is 2. The fourth-order valence-corrected chi connectivity index (χ4v) is 1.69. The molecule has 0 atom stereocenters. The molecule has 106 valence electrons. The Morgan fingerprint density at radius 3 is 2.58 bits per heavy atom. The molecule has 1 rings (SSSR count). The zero-order chi connectivity index (χ0) is 14.4. The van der Waals surface area contributed by atoms with E-state index in [0.717, 1.165) is 25.2 Å². The molecule has 0 aliphatic rings. The number of carboxylic acids is 1. The number of nitrogens with two attached hydrogens (primary N) is 1. The van der Waals surface area contributed by atoms with Gasteiger partial charge in [-0.15, -0.1) is 0 Å². The van der Waals surface area contributed by atoms with Crippen LogP contribution in [0.4, 0.5) is 10.1 Å². The molecule has 0 bridgehead atoms. The van der Waals surface area contributed by atoms with Crippen LogP contribution >= 0.6 is 0 Å². The third-order valence-corrected chi connectivity index (χ3v) is 2.89. The predicted octanol–water partition coefficient (Wildman–Crippen LogP) is 1.83. The number of nitrogens with zero attached hydrogens (tertiary/aromatic N) is 1. The topological polar surface area (TPSA) is 75.8 Å². The van der Waals surface area contributed by atoms with Crippen molar-refractivity contribution in [3.05, 3.63) is 23.5 Å². The van der Waals surface area contributed by atoms with Gasteiger partial charge in [-0.1, -0.05) is 13.8 Å². The minimum Gasteiger partial charge on any atom is -0.489 e. The van der Waals surface area contributed by atoms with Crippen LogP contribution in [0.5, 0.6) is 5.75 Å². The maximum Gasteiger partial charge on any atom is 0.337 e. The summed E-state index contributed by atoms with van der Waals surface area (Å²) in [5, 5.41) is 8.90. The Bertz CT molecular complexity index is 448. The monoisotopic (exact) mass is 270 g/mol. The van der Waals surface area contributed by atoms with Crippen LogP contribution in [-0.2, 0) is 0 Å². The van der Waals surface area contributed by atoms with Gasteiger partial charge >= 0.3 is 5.97 Å². The number of carboxylic acid groups (broad SMARTS) is 1. The molecule has 0 amide bonds. The van der Waals surface area contributed by atoms with Crippen molar-refractivity contribution in [3.63, 3.8) is 0 Å². The second-order valence-electron chi connectivity index (χ2n) is 4.05. The van der Waals surface area contributed by atoms with Gasteiger partial charge in [0.1, 0.15) is 6.61 Å². The minimum absolute atomic E-state index is 0.0845. The summed E-state index contributed by atoms with van der Waals surface area (Å²) in [4.78, 5) is 13.0. The summed E-state index contributed by atoms with van der Waals surface area (Å²) in [6, 6.07) is 2.09. The number of carbonyl (C=O) groups is 1. The fraction of sp³-hybridized carbons (Fsp3) is 0.462. The number of hydrogen-bond acceptors (Lipinski definition) is 4. The zero-order valence-electron chi connectivity index (χ0n) is 11.1. The van der Waals surface area contributed by atoms with Gasteiger partial charge in [-0.05, 0) is 19.2 Å². The second kappa shape index (κ2) is 6.94. The molecule has 0 radical (unpaired) electrons. The van der Waals surface area contributed by atoms with Crippen molar-refractivity contribution in [2.75, 3.05) is 32.0 Å². The highest BCUT2D eigenvalue weighted by Crippen LogP contribution is 2.24. The fourth-order valence-electron chi connectivity index (χ4n) is 1.69. The van der Waals surface area contributed by atoms with Crippen LogP contribution in [0, 0.1) is 5.82 Å². The Morgan fingerprint density at radius 2 is 2.05 bits per heavy atom. The van der Waals surface area contributed by atoms with Gasteiger partial charge in [0.15, 0.2) is 11.6 Å². The van der Waals surface area contributed by atoms with E-state index in [0.29, 0.717) is 13.2 Å². The number of ether oxygens (including phenoxy) is 1. The predicted molar refractivity (Wildman–Crippen MR) is 71.1 cm³/mol. The third-order valence-electron chi connectivity index (χ3n) is 2.89. The average molecular weight is 270 g/mol. The first-order chi connectivity index (χ1) is 8.99. The van der Waals surface area contributed by atoms with Crippen LogP contribution in [0.2, 0.25) is 0 Å². The summed E-state index contributed by atoms with van der Waals surface area (Å²) in [7, 11) is 0. The standard InChI is InChI=1S/C13H19FN2O3/c1-3-16(4-2)5-6-19-12-7-9(13(17)18)11(15)8-10(12)14/h7-8H,3-6,15H2,1-2H3,(H,17,18). The molecule has 3 N–H and O–H groups in total. The Morgan fingerprint density at radius 1 is 1.42 bits per heavy atom. The molecule has 0 aliphatic carbocycles. The van der Waals surface area contributed by atoms with E-state index in [1.807, 2.05) is 13.8 Å². The number of benzene rings is 1. The van der Waals surface area contributed by atoms with Gasteiger partial charge in [0, 0.05) is 18.3 Å². The summed E-state index contributed by atoms with van der Waals surface area (Å²) >= 11 is 0. The highest BCUT2D eigenvalue weighted by Gasteiger charge is 2.14. The molecule has 0 aromatic heterocycles. The molecular weight excluding hydrogens is 251 g/mol. The maximum absolute atomic E-state index is 13.6. The van der Waals surface area contributed by atoms with Crippen LogP contribution in [0.3, 0.4) is 0 Å². The lowest BCUT2D eigenvalue weighted by Gasteiger charge is -2.18. The van der Waals surface area contributed by atoms with Gasteiger partial charge < -0.3 is 20.5 Å². The van der Waals surface area contributed by atoms with E-state index in [9.17, 15) is 9.18 Å². The number of halogens is 1. The Hall–Kier alpha value is -1.82. The number of nitrogen functional groups attached to an aromatic ring is 1. The second-order valence-corrected chi connectivity index (χ2v) is 4.05. The molecule has 0 unspecified atom stereocenters. The van der Waals surface area contributed by atoms with Crippen molar-refractivity contribution in [1.29, 1.82) is 0 Å². The molecule has 0 saturated heterocycles. The maximum atomic E-state index is 13.6. The first kappa shape index (κ1) is 15.2. The molecule has 6 heteroatoms. The molecule has 1 aromatic rings. The van der Waals surface area contributed by atoms with Gasteiger partial charge in [0.2, 0.25) is 0 Å². The zero-order valence-corrected chi connectivity index (χ0v) is 11.1. The van der Waals surface area contributed by atoms with E-state index in [4.69, 9.17) is 15.6 Å². The molecule has 19 heavy (non-hydrogen) atoms. The van der Waals surface area contributed by atoms with Crippen molar-refractivity contribution in [3.8, 4) is 5.75 Å².